The van der Waals surface area contributed by atoms with Gasteiger partial charge in [0.05, 0.1) is 0 Å². The molecule has 8 nitrogen and oxygen atoms in total. The van der Waals surface area contributed by atoms with Crippen LogP contribution in [0.3, 0.4) is 0 Å². The number of aryl methyl sites for hydroxylation is 2. The lowest BCUT2D eigenvalue weighted by molar-refractivity contribution is -0.144. The van der Waals surface area contributed by atoms with Crippen molar-refractivity contribution in [2.24, 2.45) is 14.1 Å². The van der Waals surface area contributed by atoms with E-state index >= 15 is 0 Å². The first-order chi connectivity index (χ1) is 14.3. The third-order valence-corrected chi connectivity index (χ3v) is 3.54. The Morgan fingerprint density at radius 1 is 0.935 bits per heavy atom. The van der Waals surface area contributed by atoms with Crippen molar-refractivity contribution in [3.05, 3.63) is 53.9 Å². The van der Waals surface area contributed by atoms with Crippen molar-refractivity contribution in [2.45, 2.75) is 12.4 Å². The van der Waals surface area contributed by atoms with Crippen LogP contribution in [0, 0.1) is 0 Å². The van der Waals surface area contributed by atoms with Gasteiger partial charge in [-0.25, -0.2) is 4.79 Å². The Hall–Kier alpha value is -3.71. The van der Waals surface area contributed by atoms with Gasteiger partial charge in [0.15, 0.2) is 5.82 Å². The molecule has 168 valence electrons. The molecule has 1 amide bonds. The molecule has 3 aromatic rings. The summed E-state index contributed by atoms with van der Waals surface area (Å²) in [4.78, 5) is 11.5. The highest BCUT2D eigenvalue weighted by Crippen LogP contribution is 2.30. The minimum Gasteiger partial charge on any atom is -0.410 e. The number of nitrogens with zero attached hydrogens (tertiary/aromatic N) is 4. The lowest BCUT2D eigenvalue weighted by atomic mass is 10.3. The average Bonchev–Trinajstić information content (AvgIpc) is 3.17. The SMILES string of the molecule is Cn1nc(N)cc1C(F)(F)F.Cn1nc(NC(=O)Oc2ccccc2)cc1C(F)(F)F. The van der Waals surface area contributed by atoms with Crippen LogP contribution in [-0.4, -0.2) is 25.7 Å². The summed E-state index contributed by atoms with van der Waals surface area (Å²) in [5.41, 5.74) is 3.24. The molecule has 0 aliphatic carbocycles. The number of nitrogens with two attached hydrogens (primary N) is 1. The molecule has 0 saturated carbocycles. The van der Waals surface area contributed by atoms with Gasteiger partial charge in [-0.05, 0) is 12.1 Å². The van der Waals surface area contributed by atoms with Gasteiger partial charge in [-0.1, -0.05) is 18.2 Å². The number of ether oxygens (including phenoxy) is 1. The summed E-state index contributed by atoms with van der Waals surface area (Å²) >= 11 is 0. The van der Waals surface area contributed by atoms with E-state index in [1.54, 1.807) is 30.3 Å². The van der Waals surface area contributed by atoms with E-state index in [2.05, 4.69) is 15.5 Å². The molecule has 0 radical (unpaired) electrons. The molecule has 0 fully saturated rings. The third kappa shape index (κ3) is 6.65. The molecule has 0 aliphatic rings. The lowest BCUT2D eigenvalue weighted by Crippen LogP contribution is -2.17. The van der Waals surface area contributed by atoms with Gasteiger partial charge in [0.25, 0.3) is 0 Å². The highest BCUT2D eigenvalue weighted by molar-refractivity contribution is 5.85. The number of carbonyl (C=O) groups excluding carboxylic acids is 1. The Balaban J connectivity index is 0.000000262. The first-order valence-corrected chi connectivity index (χ1v) is 8.29. The monoisotopic (exact) mass is 450 g/mol. The van der Waals surface area contributed by atoms with Gasteiger partial charge in [0.2, 0.25) is 0 Å². The maximum Gasteiger partial charge on any atom is 0.433 e. The van der Waals surface area contributed by atoms with Gasteiger partial charge >= 0.3 is 18.4 Å². The van der Waals surface area contributed by atoms with Crippen molar-refractivity contribution in [1.29, 1.82) is 0 Å². The number of aromatic nitrogens is 4. The number of hydrogen-bond acceptors (Lipinski definition) is 5. The molecule has 2 aromatic heterocycles. The smallest absolute Gasteiger partial charge is 0.410 e. The van der Waals surface area contributed by atoms with Crippen molar-refractivity contribution in [3.8, 4) is 5.75 Å². The fourth-order valence-corrected chi connectivity index (χ4v) is 2.27. The molecule has 14 heteroatoms. The van der Waals surface area contributed by atoms with Crippen LogP contribution in [0.25, 0.3) is 0 Å². The highest BCUT2D eigenvalue weighted by Gasteiger charge is 2.35. The van der Waals surface area contributed by atoms with Gasteiger partial charge in [-0.3, -0.25) is 14.7 Å². The van der Waals surface area contributed by atoms with Crippen LogP contribution >= 0.6 is 0 Å². The van der Waals surface area contributed by atoms with Crippen LogP contribution < -0.4 is 15.8 Å². The molecular formula is C17H16F6N6O2. The second-order valence-corrected chi connectivity index (χ2v) is 5.94. The highest BCUT2D eigenvalue weighted by atomic mass is 19.4. The summed E-state index contributed by atoms with van der Waals surface area (Å²) in [6.45, 7) is 0. The van der Waals surface area contributed by atoms with E-state index in [1.807, 2.05) is 0 Å². The molecule has 0 spiro atoms. The molecule has 1 aromatic carbocycles. The van der Waals surface area contributed by atoms with Gasteiger partial charge < -0.3 is 10.5 Å². The maximum absolute atomic E-state index is 12.5. The lowest BCUT2D eigenvalue weighted by Gasteiger charge is -2.04. The standard InChI is InChI=1S/C12H10F3N3O2.C5H6F3N3/c1-18-9(12(13,14)15)7-10(17-18)16-11(19)20-8-5-3-2-4-6-8;1-11-3(5(6,7)8)2-4(9)10-11/h2-7H,1H3,(H,16,17,19);2H,1H3,(H2,9,10). The zero-order valence-electron chi connectivity index (χ0n) is 16.0. The predicted octanol–water partition coefficient (Wildman–Crippen LogP) is 4.07. The quantitative estimate of drug-likeness (QED) is 0.574. The number of nitrogen functional groups attached to an aromatic ring is 1. The summed E-state index contributed by atoms with van der Waals surface area (Å²) in [6, 6.07) is 9.65. The van der Waals surface area contributed by atoms with Crippen molar-refractivity contribution >= 4 is 17.7 Å². The van der Waals surface area contributed by atoms with Gasteiger partial charge in [-0.15, -0.1) is 0 Å². The molecule has 3 rings (SSSR count). The second kappa shape index (κ2) is 8.97. The number of carbonyl (C=O) groups is 1. The fraction of sp³-hybridized carbons (Fsp3) is 0.235. The second-order valence-electron chi connectivity index (χ2n) is 5.94. The van der Waals surface area contributed by atoms with Crippen LogP contribution in [0.15, 0.2) is 42.5 Å². The number of nitrogens with one attached hydrogen (secondary N) is 1. The Labute approximate surface area is 171 Å². The molecule has 2 heterocycles. The Bertz CT molecular complexity index is 1030. The summed E-state index contributed by atoms with van der Waals surface area (Å²) in [5.74, 6) is -0.0856. The number of hydrogen-bond donors (Lipinski definition) is 2. The molecule has 0 atom stereocenters. The number of alkyl halides is 6. The van der Waals surface area contributed by atoms with E-state index < -0.39 is 29.8 Å². The van der Waals surface area contributed by atoms with E-state index in [0.717, 1.165) is 19.2 Å². The number of benzene rings is 1. The van der Waals surface area contributed by atoms with Crippen molar-refractivity contribution in [1.82, 2.24) is 19.6 Å². The zero-order valence-corrected chi connectivity index (χ0v) is 16.0. The first kappa shape index (κ1) is 23.6. The molecule has 0 bridgehead atoms. The van der Waals surface area contributed by atoms with Gasteiger partial charge in [-0.2, -0.15) is 36.5 Å². The molecule has 31 heavy (non-hydrogen) atoms. The number of halogens is 6. The fourth-order valence-electron chi connectivity index (χ4n) is 2.27. The largest absolute Gasteiger partial charge is 0.433 e. The number of amides is 1. The van der Waals surface area contributed by atoms with E-state index in [-0.39, 0.29) is 17.4 Å². The van der Waals surface area contributed by atoms with Crippen molar-refractivity contribution in [3.63, 3.8) is 0 Å². The Morgan fingerprint density at radius 2 is 1.45 bits per heavy atom. The average molecular weight is 450 g/mol. The summed E-state index contributed by atoms with van der Waals surface area (Å²) in [7, 11) is 2.33. The topological polar surface area (TPSA) is 100.0 Å². The van der Waals surface area contributed by atoms with Crippen LogP contribution in [-0.2, 0) is 26.4 Å². The Kier molecular flexibility index (Phi) is 6.82. The molecular weight excluding hydrogens is 434 g/mol. The van der Waals surface area contributed by atoms with Crippen LogP contribution in [0.5, 0.6) is 5.75 Å². The third-order valence-electron chi connectivity index (χ3n) is 3.54. The van der Waals surface area contributed by atoms with E-state index in [1.165, 1.54) is 7.05 Å². The van der Waals surface area contributed by atoms with Gasteiger partial charge in [0, 0.05) is 26.2 Å². The molecule has 0 saturated heterocycles. The predicted molar refractivity (Wildman–Crippen MR) is 96.9 cm³/mol. The maximum atomic E-state index is 12.5. The normalized spacial score (nSPS) is 11.5. The number of para-hydroxylation sites is 1. The van der Waals surface area contributed by atoms with Gasteiger partial charge in [0.1, 0.15) is 23.0 Å². The zero-order chi connectivity index (χ0) is 23.4. The minimum atomic E-state index is -4.54. The molecule has 0 aliphatic heterocycles. The molecule has 3 N–H and O–H groups in total. The van der Waals surface area contributed by atoms with E-state index in [9.17, 15) is 31.1 Å². The number of anilines is 2. The summed E-state index contributed by atoms with van der Waals surface area (Å²) in [5, 5.41) is 9.03. The Morgan fingerprint density at radius 3 is 1.87 bits per heavy atom. The van der Waals surface area contributed by atoms with Crippen LogP contribution in [0.2, 0.25) is 0 Å². The van der Waals surface area contributed by atoms with Crippen molar-refractivity contribution in [2.75, 3.05) is 11.1 Å². The minimum absolute atomic E-state index is 0.125. The summed E-state index contributed by atoms with van der Waals surface area (Å²) in [6.07, 6.45) is -9.83. The summed E-state index contributed by atoms with van der Waals surface area (Å²) < 4.78 is 79.7. The van der Waals surface area contributed by atoms with Crippen LogP contribution in [0.1, 0.15) is 11.4 Å². The van der Waals surface area contributed by atoms with E-state index in [0.29, 0.717) is 9.36 Å². The van der Waals surface area contributed by atoms with E-state index in [4.69, 9.17) is 10.5 Å². The molecule has 0 unspecified atom stereocenters. The van der Waals surface area contributed by atoms with Crippen LogP contribution in [0.4, 0.5) is 42.8 Å². The van der Waals surface area contributed by atoms with Crippen molar-refractivity contribution < 1.29 is 35.9 Å². The number of rotatable bonds is 2. The first-order valence-electron chi connectivity index (χ1n) is 8.29.